The smallest absolute Gasteiger partial charge is 0.111 e. The molecule has 0 saturated heterocycles. The Labute approximate surface area is 366 Å². The van der Waals surface area contributed by atoms with Gasteiger partial charge < -0.3 is 28.7 Å². The molecule has 0 aliphatic rings. The third-order valence-electron chi connectivity index (χ3n) is 9.54. The van der Waals surface area contributed by atoms with Crippen LogP contribution in [0.3, 0.4) is 0 Å². The Hall–Kier alpha value is -1.28. The predicted octanol–water partition coefficient (Wildman–Crippen LogP) is 3.59. The van der Waals surface area contributed by atoms with Crippen LogP contribution in [0.4, 0.5) is 36.2 Å². The summed E-state index contributed by atoms with van der Waals surface area (Å²) in [5, 5.41) is 0. The predicted molar refractivity (Wildman–Crippen MR) is 212 cm³/mol. The quantitative estimate of drug-likeness (QED) is 0.0500. The fraction of sp³-hybridized carbons (Fsp3) is 1.00. The number of nitrogens with zero attached hydrogens (tertiary/aromatic N) is 6. The fourth-order valence-electron chi connectivity index (χ4n) is 6.18. The van der Waals surface area contributed by atoms with E-state index < -0.39 is 0 Å². The Morgan fingerprint density at radius 1 is 0.190 bits per heavy atom. The van der Waals surface area contributed by atoms with Gasteiger partial charge in [-0.1, -0.05) is 0 Å². The zero-order chi connectivity index (χ0) is 46.1. The molecule has 18 nitrogen and oxygen atoms in total. The third kappa shape index (κ3) is 41.9. The molecule has 0 aromatic rings. The van der Waals surface area contributed by atoms with Crippen LogP contribution in [0.25, 0.3) is 0 Å². The minimum atomic E-state index is -0.217. The molecule has 0 atom stereocenters. The normalized spacial score (nSPS) is 12.3. The van der Waals surface area contributed by atoms with E-state index in [1.807, 2.05) is 0 Å². The van der Waals surface area contributed by atoms with Gasteiger partial charge >= 0.3 is 0 Å². The summed E-state index contributed by atoms with van der Waals surface area (Å²) in [5.41, 5.74) is 0. The molecule has 0 aromatic carbocycles. The molecule has 0 amide bonds. The topological polar surface area (TPSA) is 130 Å². The monoisotopic (exact) mass is 947 g/mol. The summed E-state index contributed by atoms with van der Waals surface area (Å²) < 4.78 is 121. The van der Waals surface area contributed by atoms with Crippen molar-refractivity contribution in [2.24, 2.45) is 0 Å². The molecule has 0 aliphatic carbocycles. The van der Waals surface area contributed by atoms with E-state index in [1.54, 1.807) is 0 Å². The van der Waals surface area contributed by atoms with Crippen LogP contribution in [0.15, 0.2) is 0 Å². The van der Waals surface area contributed by atoms with Crippen LogP contribution in [0.5, 0.6) is 0 Å². The van der Waals surface area contributed by atoms with Crippen LogP contribution in [-0.2, 0) is 58.5 Å². The van der Waals surface area contributed by atoms with Gasteiger partial charge in [-0.05, 0) is 61.9 Å². The molecule has 0 aromatic heterocycles. The summed E-state index contributed by atoms with van der Waals surface area (Å²) in [6.07, 6.45) is 1.59. The molecule has 0 fully saturated rings. The Bertz CT molecular complexity index is 802. The average molecular weight is 947 g/mol. The summed E-state index contributed by atoms with van der Waals surface area (Å²) in [5.74, 6) is 0. The maximum atomic E-state index is 12.6. The number of rotatable bonds is 54. The summed E-state index contributed by atoms with van der Waals surface area (Å²) in [7, 11) is 0. The summed E-state index contributed by atoms with van der Waals surface area (Å²) >= 11 is 0. The van der Waals surface area contributed by atoms with Crippen LogP contribution in [0.1, 0.15) is 25.7 Å². The molecule has 0 aliphatic heterocycles. The first-order valence-corrected chi connectivity index (χ1v) is 21.5. The van der Waals surface area contributed by atoms with Gasteiger partial charge in [0, 0.05) is 105 Å². The number of ether oxygens (including phenoxy) is 4. The first-order valence-electron chi connectivity index (χ1n) is 21.5. The highest BCUT2D eigenvalue weighted by Crippen LogP contribution is 2.06. The molecule has 0 heterocycles. The van der Waals surface area contributed by atoms with Gasteiger partial charge in [0.2, 0.25) is 0 Å². The van der Waals surface area contributed by atoms with Crippen molar-refractivity contribution < 1.29 is 94.7 Å². The van der Waals surface area contributed by atoms with Crippen molar-refractivity contribution in [2.45, 2.75) is 25.7 Å². The van der Waals surface area contributed by atoms with Crippen molar-refractivity contribution in [1.29, 1.82) is 0 Å². The minimum Gasteiger partial charge on any atom is -0.378 e. The van der Waals surface area contributed by atoms with Crippen LogP contribution in [-0.4, -0.2) is 246 Å². The molecule has 26 heteroatoms. The Morgan fingerprint density at radius 2 is 0.397 bits per heavy atom. The number of hydrogen-bond acceptors (Lipinski definition) is 18. The average Bonchev–Trinajstić information content (AvgIpc) is 3.29. The lowest BCUT2D eigenvalue weighted by Crippen LogP contribution is -2.49. The van der Waals surface area contributed by atoms with Crippen molar-refractivity contribution in [3.05, 3.63) is 0 Å². The lowest BCUT2D eigenvalue weighted by molar-refractivity contribution is -0.147. The van der Waals surface area contributed by atoms with E-state index in [0.29, 0.717) is 137 Å². The molecule has 0 bridgehead atoms. The minimum absolute atomic E-state index is 0.0534. The third-order valence-corrected chi connectivity index (χ3v) is 9.54. The van der Waals surface area contributed by atoms with Crippen molar-refractivity contribution in [3.63, 3.8) is 0 Å². The molecule has 0 saturated carbocycles. The molecular formula is C37H74F8N6O12. The first kappa shape index (κ1) is 61.7. The largest absolute Gasteiger partial charge is 0.378 e. The lowest BCUT2D eigenvalue weighted by atomic mass is 10.3. The van der Waals surface area contributed by atoms with Gasteiger partial charge in [-0.2, -0.15) is 39.5 Å². The highest BCUT2D eigenvalue weighted by atomic mass is 19.3. The van der Waals surface area contributed by atoms with Crippen molar-refractivity contribution in [2.75, 3.05) is 217 Å². The van der Waals surface area contributed by atoms with Crippen LogP contribution >= 0.6 is 0 Å². The Morgan fingerprint density at radius 3 is 0.619 bits per heavy atom. The van der Waals surface area contributed by atoms with E-state index in [0.717, 1.165) is 0 Å². The molecule has 0 rings (SSSR count). The number of halogens is 8. The molecule has 380 valence electrons. The lowest BCUT2D eigenvalue weighted by Gasteiger charge is -2.36. The Balaban J connectivity index is 6.50. The van der Waals surface area contributed by atoms with E-state index in [1.165, 1.54) is 0 Å². The molecular weight excluding hydrogens is 872 g/mol. The van der Waals surface area contributed by atoms with E-state index in [9.17, 15) is 36.2 Å². The SMILES string of the molecule is FOCCCN(CCCOF)CCN(CCN(CCCOF)CCCOF)CN(CCN(CCOCCOF)CCOCCOF)CCN(CCOCCOF)CCOCCOF. The van der Waals surface area contributed by atoms with E-state index >= 15 is 0 Å². The van der Waals surface area contributed by atoms with Gasteiger partial charge in [-0.15, -0.1) is 0 Å². The van der Waals surface area contributed by atoms with Gasteiger partial charge in [0.05, 0.1) is 86.0 Å². The highest BCUT2D eigenvalue weighted by molar-refractivity contribution is 4.72. The fourth-order valence-corrected chi connectivity index (χ4v) is 6.18. The van der Waals surface area contributed by atoms with Gasteiger partial charge in [0.1, 0.15) is 26.4 Å². The van der Waals surface area contributed by atoms with Gasteiger partial charge in [-0.3, -0.25) is 19.6 Å². The van der Waals surface area contributed by atoms with E-state index in [2.05, 4.69) is 68.9 Å². The van der Waals surface area contributed by atoms with E-state index in [4.69, 9.17) is 18.9 Å². The summed E-state index contributed by atoms with van der Waals surface area (Å²) in [6, 6.07) is 0. The van der Waals surface area contributed by atoms with E-state index in [-0.39, 0.29) is 106 Å². The molecule has 0 radical (unpaired) electrons. The second-order valence-corrected chi connectivity index (χ2v) is 14.1. The highest BCUT2D eigenvalue weighted by Gasteiger charge is 2.19. The molecule has 0 N–H and O–H groups in total. The van der Waals surface area contributed by atoms with Crippen molar-refractivity contribution >= 4 is 0 Å². The number of hydrogen-bond donors (Lipinski definition) is 0. The maximum Gasteiger partial charge on any atom is 0.111 e. The zero-order valence-electron chi connectivity index (χ0n) is 36.8. The van der Waals surface area contributed by atoms with Gasteiger partial charge in [0.25, 0.3) is 0 Å². The van der Waals surface area contributed by atoms with Crippen LogP contribution in [0.2, 0.25) is 0 Å². The summed E-state index contributed by atoms with van der Waals surface area (Å²) in [6.45, 7) is 8.39. The van der Waals surface area contributed by atoms with Crippen LogP contribution in [0, 0.1) is 0 Å². The first-order chi connectivity index (χ1) is 31.0. The van der Waals surface area contributed by atoms with Crippen molar-refractivity contribution in [3.8, 4) is 0 Å². The zero-order valence-corrected chi connectivity index (χ0v) is 36.8. The standard InChI is InChI=1S/C37H74F8N6O12/c38-56-21-1-5-46(6-2-22-57-39)9-13-50(14-10-47(7-3-23-58-40)8-4-24-59-41)37-51(15-11-48(17-25-52-29-33-60-42)18-26-53-30-34-61-43)16-12-49(19-27-54-31-35-62-44)20-28-55-32-36-63-45/h1-37H2. The molecule has 0 unspecified atom stereocenters. The van der Waals surface area contributed by atoms with Gasteiger partial charge in [0.15, 0.2) is 0 Å². The maximum absolute atomic E-state index is 12.6. The Kier molecular flexibility index (Phi) is 49.1. The van der Waals surface area contributed by atoms with Crippen molar-refractivity contribution in [1.82, 2.24) is 29.4 Å². The van der Waals surface area contributed by atoms with Crippen LogP contribution < -0.4 is 0 Å². The molecule has 0 spiro atoms. The second-order valence-electron chi connectivity index (χ2n) is 14.1. The second kappa shape index (κ2) is 50.1. The van der Waals surface area contributed by atoms with Gasteiger partial charge in [-0.25, -0.2) is 0 Å². The summed E-state index contributed by atoms with van der Waals surface area (Å²) in [4.78, 5) is 42.3. The molecule has 63 heavy (non-hydrogen) atoms.